The second-order valence-corrected chi connectivity index (χ2v) is 11.6. The minimum Gasteiger partial charge on any atom is -0.505 e. The van der Waals surface area contributed by atoms with Gasteiger partial charge in [-0.2, -0.15) is 4.31 Å². The Hall–Kier alpha value is -2.40. The predicted octanol–water partition coefficient (Wildman–Crippen LogP) is 5.33. The maximum Gasteiger partial charge on any atom is 0.352 e. The van der Waals surface area contributed by atoms with Gasteiger partial charge in [0.15, 0.2) is 10.6 Å². The van der Waals surface area contributed by atoms with E-state index in [1.165, 1.54) is 11.3 Å². The molecule has 1 fully saturated rings. The molecule has 7 nitrogen and oxygen atoms in total. The van der Waals surface area contributed by atoms with Crippen LogP contribution in [0.4, 0.5) is 5.69 Å². The molecule has 2 aromatic carbocycles. The van der Waals surface area contributed by atoms with Crippen molar-refractivity contribution in [3.63, 3.8) is 0 Å². The molecule has 4 rings (SSSR count). The number of sulfonamides is 1. The van der Waals surface area contributed by atoms with Crippen molar-refractivity contribution in [2.45, 2.75) is 30.7 Å². The summed E-state index contributed by atoms with van der Waals surface area (Å²) in [5.74, 6) is -0.674. The molecule has 0 amide bonds. The van der Waals surface area contributed by atoms with Crippen LogP contribution in [0.25, 0.3) is 10.4 Å². The quantitative estimate of drug-likeness (QED) is 0.377. The number of esters is 1. The van der Waals surface area contributed by atoms with E-state index in [1.54, 1.807) is 41.6 Å². The Morgan fingerprint density at radius 3 is 2.56 bits per heavy atom. The van der Waals surface area contributed by atoms with E-state index in [4.69, 9.17) is 4.74 Å². The Balaban J connectivity index is 1.44. The molecule has 0 spiro atoms. The fourth-order valence-corrected chi connectivity index (χ4v) is 7.16. The lowest BCUT2D eigenvalue weighted by Gasteiger charge is -2.32. The molecule has 0 aliphatic carbocycles. The Kier molecular flexibility index (Phi) is 7.61. The zero-order valence-corrected chi connectivity index (χ0v) is 21.7. The molecular weight excluding hydrogens is 540 g/mol. The van der Waals surface area contributed by atoms with Crippen molar-refractivity contribution in [1.82, 2.24) is 4.31 Å². The summed E-state index contributed by atoms with van der Waals surface area (Å²) in [6, 6.07) is 16.4. The van der Waals surface area contributed by atoms with E-state index >= 15 is 0 Å². The number of hydrogen-bond acceptors (Lipinski definition) is 7. The van der Waals surface area contributed by atoms with Crippen LogP contribution in [-0.4, -0.2) is 49.5 Å². The van der Waals surface area contributed by atoms with Crippen molar-refractivity contribution >= 4 is 48.9 Å². The number of halogens is 1. The van der Waals surface area contributed by atoms with Crippen LogP contribution in [0.1, 0.15) is 29.4 Å². The summed E-state index contributed by atoms with van der Waals surface area (Å²) in [5, 5.41) is 13.9. The summed E-state index contributed by atoms with van der Waals surface area (Å²) in [7, 11) is -3.48. The molecule has 34 heavy (non-hydrogen) atoms. The van der Waals surface area contributed by atoms with Gasteiger partial charge in [0.2, 0.25) is 10.0 Å². The first-order valence-corrected chi connectivity index (χ1v) is 14.0. The maximum absolute atomic E-state index is 12.9. The fourth-order valence-electron chi connectivity index (χ4n) is 3.89. The van der Waals surface area contributed by atoms with E-state index in [2.05, 4.69) is 21.2 Å². The largest absolute Gasteiger partial charge is 0.505 e. The van der Waals surface area contributed by atoms with E-state index < -0.39 is 16.0 Å². The molecule has 10 heteroatoms. The number of ether oxygens (including phenoxy) is 1. The van der Waals surface area contributed by atoms with Crippen molar-refractivity contribution in [2.75, 3.05) is 25.0 Å². The van der Waals surface area contributed by atoms with Crippen LogP contribution in [0.2, 0.25) is 0 Å². The SMILES string of the molecule is CCOC(=O)c1sc(-c2cccc(NC3CCN(S(=O)(=O)c4ccccc4)CC3)c2)c(Br)c1O. The predicted molar refractivity (Wildman–Crippen MR) is 137 cm³/mol. The molecule has 0 bridgehead atoms. The number of thiophene rings is 1. The molecule has 1 aromatic heterocycles. The van der Waals surface area contributed by atoms with Crippen molar-refractivity contribution in [1.29, 1.82) is 0 Å². The van der Waals surface area contributed by atoms with Crippen molar-refractivity contribution in [3.05, 3.63) is 63.9 Å². The number of aromatic hydroxyl groups is 1. The van der Waals surface area contributed by atoms with Crippen LogP contribution in [0.3, 0.4) is 0 Å². The number of carbonyl (C=O) groups excluding carboxylic acids is 1. The molecule has 1 aliphatic rings. The number of nitrogens with one attached hydrogen (secondary N) is 1. The lowest BCUT2D eigenvalue weighted by atomic mass is 10.1. The molecule has 0 atom stereocenters. The normalized spacial score (nSPS) is 15.2. The zero-order chi connectivity index (χ0) is 24.3. The Morgan fingerprint density at radius 2 is 1.88 bits per heavy atom. The van der Waals surface area contributed by atoms with Crippen LogP contribution in [0, 0.1) is 0 Å². The first-order valence-electron chi connectivity index (χ1n) is 10.9. The highest BCUT2D eigenvalue weighted by Gasteiger charge is 2.29. The van der Waals surface area contributed by atoms with Gasteiger partial charge in [0.1, 0.15) is 0 Å². The van der Waals surface area contributed by atoms with Gasteiger partial charge in [0, 0.05) is 24.8 Å². The molecule has 2 N–H and O–H groups in total. The van der Waals surface area contributed by atoms with Crippen LogP contribution in [-0.2, 0) is 14.8 Å². The molecule has 2 heterocycles. The molecule has 0 radical (unpaired) electrons. The average Bonchev–Trinajstić information content (AvgIpc) is 3.15. The molecule has 3 aromatic rings. The van der Waals surface area contributed by atoms with Gasteiger partial charge < -0.3 is 15.2 Å². The highest BCUT2D eigenvalue weighted by molar-refractivity contribution is 9.10. The number of anilines is 1. The Morgan fingerprint density at radius 1 is 1.18 bits per heavy atom. The third-order valence-electron chi connectivity index (χ3n) is 5.62. The van der Waals surface area contributed by atoms with Gasteiger partial charge >= 0.3 is 5.97 Å². The van der Waals surface area contributed by atoms with Crippen LogP contribution in [0.5, 0.6) is 5.75 Å². The van der Waals surface area contributed by atoms with Gasteiger partial charge in [0.25, 0.3) is 0 Å². The lowest BCUT2D eigenvalue weighted by molar-refractivity contribution is 0.0529. The third-order valence-corrected chi connectivity index (χ3v) is 9.77. The van der Waals surface area contributed by atoms with E-state index in [9.17, 15) is 18.3 Å². The number of benzene rings is 2. The smallest absolute Gasteiger partial charge is 0.352 e. The van der Waals surface area contributed by atoms with Gasteiger partial charge in [-0.15, -0.1) is 11.3 Å². The highest BCUT2D eigenvalue weighted by atomic mass is 79.9. The molecule has 1 aliphatic heterocycles. The van der Waals surface area contributed by atoms with E-state index in [0.29, 0.717) is 35.3 Å². The lowest BCUT2D eigenvalue weighted by Crippen LogP contribution is -2.42. The summed E-state index contributed by atoms with van der Waals surface area (Å²) in [6.45, 7) is 2.84. The second-order valence-electron chi connectivity index (χ2n) is 7.86. The van der Waals surface area contributed by atoms with Gasteiger partial charge in [-0.1, -0.05) is 30.3 Å². The van der Waals surface area contributed by atoms with Crippen molar-refractivity contribution in [3.8, 4) is 16.2 Å². The topological polar surface area (TPSA) is 95.9 Å². The van der Waals surface area contributed by atoms with Gasteiger partial charge in [-0.3, -0.25) is 0 Å². The van der Waals surface area contributed by atoms with Gasteiger partial charge in [-0.25, -0.2) is 13.2 Å². The van der Waals surface area contributed by atoms with Crippen molar-refractivity contribution in [2.24, 2.45) is 0 Å². The summed E-state index contributed by atoms with van der Waals surface area (Å²) in [4.78, 5) is 13.3. The van der Waals surface area contributed by atoms with Gasteiger partial charge in [0.05, 0.1) is 20.9 Å². The van der Waals surface area contributed by atoms with E-state index in [0.717, 1.165) is 16.1 Å². The highest BCUT2D eigenvalue weighted by Crippen LogP contribution is 2.45. The standard InChI is InChI=1S/C24H25BrN2O5S2/c1-2-32-24(29)23-21(28)20(25)22(33-23)16-7-6-8-18(15-16)26-17-11-13-27(14-12-17)34(30,31)19-9-4-3-5-10-19/h3-10,15,17,26,28H,2,11-14H2,1H3. The number of nitrogens with zero attached hydrogens (tertiary/aromatic N) is 1. The van der Waals surface area contributed by atoms with E-state index in [-0.39, 0.29) is 23.3 Å². The van der Waals surface area contributed by atoms with Crippen LogP contribution in [0.15, 0.2) is 64.0 Å². The Bertz CT molecular complexity index is 1270. The number of carbonyl (C=O) groups is 1. The van der Waals surface area contributed by atoms with Crippen LogP contribution >= 0.6 is 27.3 Å². The first-order chi connectivity index (χ1) is 16.3. The van der Waals surface area contributed by atoms with Crippen molar-refractivity contribution < 1.29 is 23.1 Å². The minimum absolute atomic E-state index is 0.121. The fraction of sp³-hybridized carbons (Fsp3) is 0.292. The summed E-state index contributed by atoms with van der Waals surface area (Å²) >= 11 is 4.56. The molecule has 1 saturated heterocycles. The van der Waals surface area contributed by atoms with Crippen LogP contribution < -0.4 is 5.32 Å². The molecular formula is C24H25BrN2O5S2. The average molecular weight is 566 g/mol. The molecule has 180 valence electrons. The number of piperidine rings is 1. The van der Waals surface area contributed by atoms with E-state index in [1.807, 2.05) is 24.3 Å². The second kappa shape index (κ2) is 10.5. The number of hydrogen-bond donors (Lipinski definition) is 2. The molecule has 0 unspecified atom stereocenters. The summed E-state index contributed by atoms with van der Waals surface area (Å²) in [5.41, 5.74) is 1.73. The summed E-state index contributed by atoms with van der Waals surface area (Å²) < 4.78 is 32.7. The number of rotatable bonds is 7. The summed E-state index contributed by atoms with van der Waals surface area (Å²) in [6.07, 6.45) is 1.37. The minimum atomic E-state index is -3.48. The van der Waals surface area contributed by atoms with Gasteiger partial charge in [-0.05, 0) is 65.5 Å². The monoisotopic (exact) mass is 564 g/mol. The Labute approximate surface area is 211 Å². The zero-order valence-electron chi connectivity index (χ0n) is 18.5. The molecule has 0 saturated carbocycles. The first kappa shape index (κ1) is 24.7. The third kappa shape index (κ3) is 5.14. The maximum atomic E-state index is 12.9.